The third-order valence-electron chi connectivity index (χ3n) is 3.13. The summed E-state index contributed by atoms with van der Waals surface area (Å²) in [5.74, 6) is 1.08. The van der Waals surface area contributed by atoms with Crippen LogP contribution in [0.25, 0.3) is 0 Å². The molecule has 0 heterocycles. The van der Waals surface area contributed by atoms with Crippen LogP contribution in [-0.4, -0.2) is 6.29 Å². The Hall–Kier alpha value is -2.09. The molecule has 0 saturated heterocycles. The number of carbonyl (C=O) groups is 1. The smallest absolute Gasteiger partial charge is 0.120 e. The van der Waals surface area contributed by atoms with E-state index in [1.165, 1.54) is 0 Å². The van der Waals surface area contributed by atoms with Gasteiger partial charge in [0, 0.05) is 6.42 Å². The summed E-state index contributed by atoms with van der Waals surface area (Å²) in [6, 6.07) is 18.0. The molecule has 0 unspecified atom stereocenters. The average Bonchev–Trinajstić information content (AvgIpc) is 2.47. The van der Waals surface area contributed by atoms with Gasteiger partial charge in [-0.05, 0) is 29.2 Å². The highest BCUT2D eigenvalue weighted by molar-refractivity contribution is 5.51. The van der Waals surface area contributed by atoms with E-state index in [9.17, 15) is 4.79 Å². The summed E-state index contributed by atoms with van der Waals surface area (Å²) in [5, 5.41) is 0. The van der Waals surface area contributed by atoms with Crippen molar-refractivity contribution in [2.24, 2.45) is 0 Å². The molecule has 2 heteroatoms. The zero-order valence-electron chi connectivity index (χ0n) is 11.1. The molecule has 0 amide bonds. The Kier molecular flexibility index (Phi) is 4.73. The van der Waals surface area contributed by atoms with Crippen molar-refractivity contribution in [1.29, 1.82) is 0 Å². The Morgan fingerprint density at radius 2 is 1.89 bits per heavy atom. The third-order valence-corrected chi connectivity index (χ3v) is 3.13. The maximum atomic E-state index is 10.6. The van der Waals surface area contributed by atoms with Gasteiger partial charge in [-0.1, -0.05) is 49.4 Å². The maximum absolute atomic E-state index is 10.6. The molecule has 2 nitrogen and oxygen atoms in total. The van der Waals surface area contributed by atoms with E-state index in [0.717, 1.165) is 23.2 Å². The van der Waals surface area contributed by atoms with Gasteiger partial charge in [-0.25, -0.2) is 0 Å². The minimum Gasteiger partial charge on any atom is -0.489 e. The van der Waals surface area contributed by atoms with Crippen LogP contribution in [0.15, 0.2) is 54.6 Å². The van der Waals surface area contributed by atoms with Crippen molar-refractivity contribution in [3.63, 3.8) is 0 Å². The fraction of sp³-hybridized carbons (Fsp3) is 0.235. The molecule has 2 aromatic rings. The first-order valence-corrected chi connectivity index (χ1v) is 6.50. The standard InChI is InChI=1S/C17H18O2/c1-14(10-11-18)16-8-5-9-17(12-16)19-13-15-6-3-2-4-7-15/h2-9,11-12,14H,10,13H2,1H3/t14-/m1/s1. The van der Waals surface area contributed by atoms with Crippen molar-refractivity contribution in [2.45, 2.75) is 25.9 Å². The highest BCUT2D eigenvalue weighted by atomic mass is 16.5. The van der Waals surface area contributed by atoms with Crippen molar-refractivity contribution in [3.8, 4) is 5.75 Å². The molecular formula is C17H18O2. The Morgan fingerprint density at radius 1 is 1.11 bits per heavy atom. The number of ether oxygens (including phenoxy) is 1. The lowest BCUT2D eigenvalue weighted by atomic mass is 9.98. The van der Waals surface area contributed by atoms with E-state index in [1.807, 2.05) is 61.5 Å². The van der Waals surface area contributed by atoms with Gasteiger partial charge in [0.15, 0.2) is 0 Å². The van der Waals surface area contributed by atoms with Gasteiger partial charge in [0.05, 0.1) is 0 Å². The highest BCUT2D eigenvalue weighted by Gasteiger charge is 2.05. The second-order valence-electron chi connectivity index (χ2n) is 4.65. The number of hydrogen-bond donors (Lipinski definition) is 0. The number of carbonyl (C=O) groups excluding carboxylic acids is 1. The summed E-state index contributed by atoms with van der Waals surface area (Å²) >= 11 is 0. The summed E-state index contributed by atoms with van der Waals surface area (Å²) in [7, 11) is 0. The van der Waals surface area contributed by atoms with Crippen LogP contribution in [0.4, 0.5) is 0 Å². The Bertz CT molecular complexity index is 520. The predicted octanol–water partition coefficient (Wildman–Crippen LogP) is 3.96. The Labute approximate surface area is 114 Å². The first kappa shape index (κ1) is 13.3. The van der Waals surface area contributed by atoms with E-state index in [2.05, 4.69) is 0 Å². The fourth-order valence-corrected chi connectivity index (χ4v) is 1.93. The van der Waals surface area contributed by atoms with E-state index < -0.39 is 0 Å². The van der Waals surface area contributed by atoms with Crippen LogP contribution in [0.5, 0.6) is 5.75 Å². The average molecular weight is 254 g/mol. The first-order valence-electron chi connectivity index (χ1n) is 6.50. The molecule has 0 aromatic heterocycles. The van der Waals surface area contributed by atoms with Crippen LogP contribution in [0.3, 0.4) is 0 Å². The Balaban J connectivity index is 2.01. The SMILES string of the molecule is C[C@H](CC=O)c1cccc(OCc2ccccc2)c1. The van der Waals surface area contributed by atoms with Crippen molar-refractivity contribution < 1.29 is 9.53 Å². The number of rotatable bonds is 6. The molecule has 2 aromatic carbocycles. The summed E-state index contributed by atoms with van der Waals surface area (Å²) in [5.41, 5.74) is 2.28. The first-order chi connectivity index (χ1) is 9.29. The molecule has 98 valence electrons. The van der Waals surface area contributed by atoms with Gasteiger partial charge in [-0.15, -0.1) is 0 Å². The van der Waals surface area contributed by atoms with E-state index >= 15 is 0 Å². The molecule has 0 aliphatic rings. The largest absolute Gasteiger partial charge is 0.489 e. The van der Waals surface area contributed by atoms with Gasteiger partial charge in [0.25, 0.3) is 0 Å². The fourth-order valence-electron chi connectivity index (χ4n) is 1.93. The summed E-state index contributed by atoms with van der Waals surface area (Å²) in [6.07, 6.45) is 1.50. The summed E-state index contributed by atoms with van der Waals surface area (Å²) in [6.45, 7) is 2.61. The van der Waals surface area contributed by atoms with Crippen LogP contribution < -0.4 is 4.74 Å². The normalized spacial score (nSPS) is 11.8. The third kappa shape index (κ3) is 3.95. The molecule has 0 fully saturated rings. The molecular weight excluding hydrogens is 236 g/mol. The van der Waals surface area contributed by atoms with Crippen LogP contribution in [0.2, 0.25) is 0 Å². The number of aldehydes is 1. The lowest BCUT2D eigenvalue weighted by molar-refractivity contribution is -0.108. The van der Waals surface area contributed by atoms with Crippen molar-refractivity contribution in [1.82, 2.24) is 0 Å². The lowest BCUT2D eigenvalue weighted by Gasteiger charge is -2.11. The molecule has 0 bridgehead atoms. The van der Waals surface area contributed by atoms with Crippen LogP contribution in [0, 0.1) is 0 Å². The zero-order chi connectivity index (χ0) is 13.5. The summed E-state index contributed by atoms with van der Waals surface area (Å²) < 4.78 is 5.77. The molecule has 0 radical (unpaired) electrons. The Morgan fingerprint density at radius 3 is 2.63 bits per heavy atom. The van der Waals surface area contributed by atoms with Crippen molar-refractivity contribution >= 4 is 6.29 Å². The number of hydrogen-bond acceptors (Lipinski definition) is 2. The van der Waals surface area contributed by atoms with Crippen LogP contribution >= 0.6 is 0 Å². The monoisotopic (exact) mass is 254 g/mol. The van der Waals surface area contributed by atoms with Gasteiger partial charge < -0.3 is 9.53 Å². The van der Waals surface area contributed by atoms with Gasteiger partial charge in [0.2, 0.25) is 0 Å². The van der Waals surface area contributed by atoms with Gasteiger partial charge in [-0.3, -0.25) is 0 Å². The maximum Gasteiger partial charge on any atom is 0.120 e. The van der Waals surface area contributed by atoms with E-state index in [-0.39, 0.29) is 5.92 Å². The zero-order valence-corrected chi connectivity index (χ0v) is 11.1. The molecule has 0 N–H and O–H groups in total. The second kappa shape index (κ2) is 6.74. The van der Waals surface area contributed by atoms with E-state index in [0.29, 0.717) is 13.0 Å². The van der Waals surface area contributed by atoms with Gasteiger partial charge >= 0.3 is 0 Å². The lowest BCUT2D eigenvalue weighted by Crippen LogP contribution is -1.98. The molecule has 1 atom stereocenters. The summed E-state index contributed by atoms with van der Waals surface area (Å²) in [4.78, 5) is 10.6. The molecule has 0 aliphatic carbocycles. The van der Waals surface area contributed by atoms with Crippen LogP contribution in [0.1, 0.15) is 30.4 Å². The van der Waals surface area contributed by atoms with Crippen molar-refractivity contribution in [2.75, 3.05) is 0 Å². The topological polar surface area (TPSA) is 26.3 Å². The van der Waals surface area contributed by atoms with Crippen molar-refractivity contribution in [3.05, 3.63) is 65.7 Å². The van der Waals surface area contributed by atoms with Gasteiger partial charge in [0.1, 0.15) is 18.6 Å². The van der Waals surface area contributed by atoms with Crippen LogP contribution in [-0.2, 0) is 11.4 Å². The second-order valence-corrected chi connectivity index (χ2v) is 4.65. The van der Waals surface area contributed by atoms with E-state index in [1.54, 1.807) is 0 Å². The quantitative estimate of drug-likeness (QED) is 0.729. The van der Waals surface area contributed by atoms with E-state index in [4.69, 9.17) is 4.74 Å². The molecule has 0 aliphatic heterocycles. The minimum absolute atomic E-state index is 0.234. The van der Waals surface area contributed by atoms with Gasteiger partial charge in [-0.2, -0.15) is 0 Å². The molecule has 0 spiro atoms. The highest BCUT2D eigenvalue weighted by Crippen LogP contribution is 2.23. The minimum atomic E-state index is 0.234. The molecule has 19 heavy (non-hydrogen) atoms. The predicted molar refractivity (Wildman–Crippen MR) is 76.3 cm³/mol. The number of benzene rings is 2. The molecule has 0 saturated carbocycles. The molecule has 2 rings (SSSR count).